The van der Waals surface area contributed by atoms with E-state index in [-0.39, 0.29) is 0 Å². The Morgan fingerprint density at radius 2 is 1.17 bits per heavy atom. The Hall–Kier alpha value is 1.30. The molecule has 0 saturated carbocycles. The van der Waals surface area contributed by atoms with Crippen LogP contribution in [0.4, 0.5) is 0 Å². The van der Waals surface area contributed by atoms with Crippen LogP contribution in [0.2, 0.25) is 0 Å². The number of hydrogen-bond acceptors (Lipinski definition) is 0. The molecule has 4 heteroatoms. The topological polar surface area (TPSA) is 0 Å². The summed E-state index contributed by atoms with van der Waals surface area (Å²) in [4.78, 5) is 0. The van der Waals surface area contributed by atoms with Gasteiger partial charge in [-0.1, -0.05) is 0 Å². The Morgan fingerprint density at radius 3 is 1.42 bits per heavy atom. The molecule has 0 radical (unpaired) electrons. The van der Waals surface area contributed by atoms with Crippen LogP contribution in [0.5, 0.6) is 0 Å². The molecule has 0 atom stereocenters. The molecule has 0 unspecified atom stereocenters. The normalized spacial score (nSPS) is 15.6. The summed E-state index contributed by atoms with van der Waals surface area (Å²) in [6.45, 7) is 4.24. The molecule has 0 saturated heterocycles. The van der Waals surface area contributed by atoms with E-state index in [1.54, 1.807) is 0 Å². The maximum atomic E-state index is 6.21. The van der Waals surface area contributed by atoms with E-state index in [9.17, 15) is 0 Å². The molecular formula is C8H18Cl3P. The van der Waals surface area contributed by atoms with Crippen LogP contribution in [0, 0.1) is 0 Å². The summed E-state index contributed by atoms with van der Waals surface area (Å²) in [5.41, 5.74) is 0. The first-order valence-electron chi connectivity index (χ1n) is 4.55. The summed E-state index contributed by atoms with van der Waals surface area (Å²) in [6.07, 6.45) is 5.89. The van der Waals surface area contributed by atoms with E-state index in [1.807, 2.05) is 0 Å². The predicted octanol–water partition coefficient (Wildman–Crippen LogP) is 5.60. The Bertz CT molecular complexity index is 116. The van der Waals surface area contributed by atoms with Crippen molar-refractivity contribution in [2.75, 3.05) is 12.3 Å². The Labute approximate surface area is 90.3 Å². The van der Waals surface area contributed by atoms with Crippen molar-refractivity contribution in [2.45, 2.75) is 39.5 Å². The first-order chi connectivity index (χ1) is 5.39. The molecule has 0 heterocycles. The minimum absolute atomic E-state index is 0.798. The van der Waals surface area contributed by atoms with Crippen LogP contribution in [0.1, 0.15) is 39.5 Å². The van der Waals surface area contributed by atoms with Crippen LogP contribution in [-0.2, 0) is 0 Å². The average molecular weight is 252 g/mol. The van der Waals surface area contributed by atoms with Crippen molar-refractivity contribution in [2.24, 2.45) is 0 Å². The molecule has 0 aromatic carbocycles. The van der Waals surface area contributed by atoms with E-state index in [0.29, 0.717) is 0 Å². The molecule has 0 aliphatic heterocycles. The summed E-state index contributed by atoms with van der Waals surface area (Å²) in [6, 6.07) is 0. The van der Waals surface area contributed by atoms with Gasteiger partial charge in [0.05, 0.1) is 0 Å². The van der Waals surface area contributed by atoms with Crippen molar-refractivity contribution in [3.05, 3.63) is 0 Å². The van der Waals surface area contributed by atoms with Crippen LogP contribution in [0.25, 0.3) is 0 Å². The van der Waals surface area contributed by atoms with Crippen LogP contribution in [0.3, 0.4) is 0 Å². The third-order valence-electron chi connectivity index (χ3n) is 1.85. The van der Waals surface area contributed by atoms with Crippen LogP contribution < -0.4 is 0 Å². The van der Waals surface area contributed by atoms with Crippen LogP contribution in [0.15, 0.2) is 0 Å². The molecule has 0 N–H and O–H groups in total. The van der Waals surface area contributed by atoms with Gasteiger partial charge in [0.25, 0.3) is 0 Å². The minimum atomic E-state index is -2.79. The zero-order valence-corrected chi connectivity index (χ0v) is 11.0. The van der Waals surface area contributed by atoms with Gasteiger partial charge in [0.2, 0.25) is 0 Å². The van der Waals surface area contributed by atoms with E-state index < -0.39 is 4.66 Å². The fourth-order valence-corrected chi connectivity index (χ4v) is 5.18. The molecule has 0 aromatic rings. The molecule has 0 amide bonds. The average Bonchev–Trinajstić information content (AvgIpc) is 1.97. The van der Waals surface area contributed by atoms with Gasteiger partial charge in [0, 0.05) is 0 Å². The Morgan fingerprint density at radius 1 is 0.833 bits per heavy atom. The van der Waals surface area contributed by atoms with E-state index >= 15 is 0 Å². The zero-order valence-electron chi connectivity index (χ0n) is 7.82. The van der Waals surface area contributed by atoms with Crippen LogP contribution >= 0.6 is 38.4 Å². The van der Waals surface area contributed by atoms with Crippen molar-refractivity contribution in [3.8, 4) is 0 Å². The SMILES string of the molecule is CCCCP(Cl)(Cl)(Cl)CCCC. The van der Waals surface area contributed by atoms with Gasteiger partial charge in [-0.25, -0.2) is 0 Å². The zero-order chi connectivity index (χ0) is 9.69. The van der Waals surface area contributed by atoms with Crippen LogP contribution in [-0.4, -0.2) is 12.3 Å². The molecule has 0 fully saturated rings. The van der Waals surface area contributed by atoms with Gasteiger partial charge in [-0.3, -0.25) is 0 Å². The van der Waals surface area contributed by atoms with Gasteiger partial charge in [-0.05, 0) is 0 Å². The van der Waals surface area contributed by atoms with Crippen molar-refractivity contribution in [1.82, 2.24) is 0 Å². The van der Waals surface area contributed by atoms with Gasteiger partial charge in [-0.2, -0.15) is 0 Å². The van der Waals surface area contributed by atoms with Gasteiger partial charge >= 0.3 is 90.2 Å². The summed E-state index contributed by atoms with van der Waals surface area (Å²) < 4.78 is -2.79. The first kappa shape index (κ1) is 13.3. The third kappa shape index (κ3) is 6.78. The molecule has 76 valence electrons. The molecular weight excluding hydrogens is 233 g/mol. The Kier molecular flexibility index (Phi) is 5.82. The van der Waals surface area contributed by atoms with Crippen molar-refractivity contribution < 1.29 is 0 Å². The third-order valence-corrected chi connectivity index (χ3v) is 7.17. The molecule has 0 aliphatic rings. The number of unbranched alkanes of at least 4 members (excludes halogenated alkanes) is 2. The predicted molar refractivity (Wildman–Crippen MR) is 64.0 cm³/mol. The molecule has 0 aliphatic carbocycles. The molecule has 0 aromatic heterocycles. The molecule has 0 spiro atoms. The second-order valence-electron chi connectivity index (χ2n) is 3.29. The standard InChI is InChI=1S/C8H18Cl3P/c1-3-5-7-12(9,10,11)8-6-4-2/h3-8H2,1-2H3. The fraction of sp³-hybridized carbons (Fsp3) is 1.00. The van der Waals surface area contributed by atoms with Crippen molar-refractivity contribution in [1.29, 1.82) is 0 Å². The first-order valence-corrected chi connectivity index (χ1v) is 9.88. The van der Waals surface area contributed by atoms with Crippen molar-refractivity contribution >= 4 is 38.4 Å². The fourth-order valence-electron chi connectivity index (χ4n) is 1.01. The summed E-state index contributed by atoms with van der Waals surface area (Å²) >= 11 is 18.6. The maximum absolute atomic E-state index is 6.21. The van der Waals surface area contributed by atoms with E-state index in [2.05, 4.69) is 13.8 Å². The monoisotopic (exact) mass is 250 g/mol. The van der Waals surface area contributed by atoms with E-state index in [1.165, 1.54) is 0 Å². The number of rotatable bonds is 6. The second kappa shape index (κ2) is 5.25. The van der Waals surface area contributed by atoms with Gasteiger partial charge in [-0.15, -0.1) is 0 Å². The van der Waals surface area contributed by atoms with Gasteiger partial charge < -0.3 is 0 Å². The summed E-state index contributed by atoms with van der Waals surface area (Å²) in [7, 11) is 0. The molecule has 12 heavy (non-hydrogen) atoms. The van der Waals surface area contributed by atoms with Crippen molar-refractivity contribution in [3.63, 3.8) is 0 Å². The Balaban J connectivity index is 3.90. The quantitative estimate of drug-likeness (QED) is 0.539. The van der Waals surface area contributed by atoms with E-state index in [4.69, 9.17) is 33.7 Å². The van der Waals surface area contributed by atoms with Gasteiger partial charge in [0.15, 0.2) is 0 Å². The number of halogens is 3. The molecule has 0 rings (SSSR count). The van der Waals surface area contributed by atoms with E-state index in [0.717, 1.165) is 38.0 Å². The second-order valence-corrected chi connectivity index (χ2v) is 15.3. The summed E-state index contributed by atoms with van der Waals surface area (Å²) in [5, 5.41) is 0. The molecule has 0 nitrogen and oxygen atoms in total. The molecule has 0 bridgehead atoms. The summed E-state index contributed by atoms with van der Waals surface area (Å²) in [5.74, 6) is 0. The van der Waals surface area contributed by atoms with Gasteiger partial charge in [0.1, 0.15) is 0 Å². The number of hydrogen-bond donors (Lipinski definition) is 0.